The second-order valence-electron chi connectivity index (χ2n) is 8.59. The monoisotopic (exact) mass is 495 g/mol. The van der Waals surface area contributed by atoms with Gasteiger partial charge in [0, 0.05) is 48.2 Å². The number of hydrogen-bond acceptors (Lipinski definition) is 6. The Labute approximate surface area is 197 Å². The smallest absolute Gasteiger partial charge is 0.364 e. The summed E-state index contributed by atoms with van der Waals surface area (Å²) < 4.78 is 68.6. The van der Waals surface area contributed by atoms with Gasteiger partial charge in [0.1, 0.15) is 11.4 Å². The summed E-state index contributed by atoms with van der Waals surface area (Å²) in [5.74, 6) is -1.84. The Hall–Kier alpha value is -3.66. The van der Waals surface area contributed by atoms with Gasteiger partial charge in [-0.05, 0) is 20.8 Å². The molecule has 2 N–H and O–H groups in total. The van der Waals surface area contributed by atoms with E-state index in [9.17, 15) is 27.2 Å². The number of nitriles is 1. The molecule has 0 saturated carbocycles. The Morgan fingerprint density at radius 1 is 1.26 bits per heavy atom. The van der Waals surface area contributed by atoms with Crippen LogP contribution < -0.4 is 10.4 Å². The van der Waals surface area contributed by atoms with Gasteiger partial charge in [0.15, 0.2) is 11.9 Å². The topological polar surface area (TPSA) is 94.8 Å². The van der Waals surface area contributed by atoms with Crippen molar-refractivity contribution in [3.05, 3.63) is 47.5 Å². The van der Waals surface area contributed by atoms with Crippen LogP contribution in [0.15, 0.2) is 24.5 Å². The zero-order valence-corrected chi connectivity index (χ0v) is 19.0. The molecule has 4 rings (SSSR count). The molecule has 35 heavy (non-hydrogen) atoms. The molecule has 1 fully saturated rings. The fraction of sp³-hybridized carbons (Fsp3) is 0.409. The number of aromatic amines is 1. The van der Waals surface area contributed by atoms with Gasteiger partial charge in [0.05, 0.1) is 35.8 Å². The van der Waals surface area contributed by atoms with Gasteiger partial charge >= 0.3 is 6.18 Å². The number of alkyl halides is 3. The first kappa shape index (κ1) is 24.5. The summed E-state index contributed by atoms with van der Waals surface area (Å²) in [6, 6.07) is 3.74. The third-order valence-corrected chi connectivity index (χ3v) is 6.05. The van der Waals surface area contributed by atoms with Crippen LogP contribution in [0.25, 0.3) is 11.1 Å². The molecule has 1 saturated heterocycles. The third-order valence-electron chi connectivity index (χ3n) is 6.05. The first-order chi connectivity index (χ1) is 16.4. The highest BCUT2D eigenvalue weighted by molar-refractivity contribution is 5.67. The molecule has 0 bridgehead atoms. The van der Waals surface area contributed by atoms with Crippen LogP contribution in [0.2, 0.25) is 0 Å². The quantitative estimate of drug-likeness (QED) is 0.368. The van der Waals surface area contributed by atoms with E-state index >= 15 is 0 Å². The molecule has 1 aliphatic rings. The van der Waals surface area contributed by atoms with E-state index in [0.29, 0.717) is 0 Å². The number of rotatable bonds is 7. The highest BCUT2D eigenvalue weighted by Crippen LogP contribution is 2.39. The highest BCUT2D eigenvalue weighted by atomic mass is 19.4. The summed E-state index contributed by atoms with van der Waals surface area (Å²) >= 11 is 0. The minimum Gasteiger partial charge on any atom is -0.364 e. The van der Waals surface area contributed by atoms with Crippen LogP contribution in [-0.4, -0.2) is 45.3 Å². The number of benzene rings is 1. The zero-order chi connectivity index (χ0) is 25.5. The van der Waals surface area contributed by atoms with E-state index < -0.39 is 35.1 Å². The van der Waals surface area contributed by atoms with E-state index in [4.69, 9.17) is 0 Å². The molecule has 1 aliphatic heterocycles. The van der Waals surface area contributed by atoms with Gasteiger partial charge in [-0.2, -0.15) is 28.6 Å². The first-order valence-corrected chi connectivity index (χ1v) is 10.6. The van der Waals surface area contributed by atoms with Gasteiger partial charge in [0.2, 0.25) is 0 Å². The summed E-state index contributed by atoms with van der Waals surface area (Å²) in [6.07, 6.45) is -3.34. The molecule has 2 aromatic heterocycles. The van der Waals surface area contributed by atoms with Crippen LogP contribution >= 0.6 is 0 Å². The number of anilines is 2. The van der Waals surface area contributed by atoms with E-state index in [2.05, 4.69) is 26.2 Å². The fourth-order valence-corrected chi connectivity index (χ4v) is 4.08. The Balaban J connectivity index is 1.52. The van der Waals surface area contributed by atoms with E-state index in [1.165, 1.54) is 4.90 Å². The van der Waals surface area contributed by atoms with E-state index in [-0.39, 0.29) is 25.2 Å². The van der Waals surface area contributed by atoms with Gasteiger partial charge in [-0.25, -0.2) is 8.78 Å². The van der Waals surface area contributed by atoms with Crippen molar-refractivity contribution in [3.63, 3.8) is 0 Å². The molecule has 186 valence electrons. The number of halogens is 5. The molecular weight excluding hydrogens is 473 g/mol. The summed E-state index contributed by atoms with van der Waals surface area (Å²) in [4.78, 5) is 5.93. The van der Waals surface area contributed by atoms with E-state index in [1.807, 2.05) is 19.3 Å². The molecule has 8 nitrogen and oxygen atoms in total. The summed E-state index contributed by atoms with van der Waals surface area (Å²) in [5.41, 5.74) is 3.80. The number of aromatic nitrogens is 4. The molecule has 0 spiro atoms. The van der Waals surface area contributed by atoms with Crippen LogP contribution in [0, 0.1) is 36.8 Å². The molecule has 0 radical (unpaired) electrons. The molecular formula is C22H22F5N7O. The maximum atomic E-state index is 14.8. The molecule has 1 atom stereocenters. The van der Waals surface area contributed by atoms with E-state index in [1.54, 1.807) is 17.1 Å². The Bertz CT molecular complexity index is 1250. The Morgan fingerprint density at radius 3 is 2.57 bits per heavy atom. The number of hydrogen-bond donors (Lipinski definition) is 2. The predicted octanol–water partition coefficient (Wildman–Crippen LogP) is 4.59. The maximum Gasteiger partial charge on any atom is 0.416 e. The van der Waals surface area contributed by atoms with Gasteiger partial charge in [-0.1, -0.05) is 0 Å². The Kier molecular flexibility index (Phi) is 6.18. The molecule has 13 heteroatoms. The van der Waals surface area contributed by atoms with Crippen molar-refractivity contribution in [1.29, 1.82) is 5.26 Å². The number of nitrogens with one attached hydrogen (secondary N) is 2. The number of nitrogens with zero attached hydrogens (tertiary/aromatic N) is 5. The van der Waals surface area contributed by atoms with Gasteiger partial charge in [0.25, 0.3) is 0 Å². The van der Waals surface area contributed by atoms with Crippen molar-refractivity contribution in [1.82, 2.24) is 20.0 Å². The molecule has 3 aromatic rings. The van der Waals surface area contributed by atoms with Crippen LogP contribution in [0.4, 0.5) is 33.3 Å². The van der Waals surface area contributed by atoms with Crippen LogP contribution in [0.5, 0.6) is 0 Å². The van der Waals surface area contributed by atoms with Gasteiger partial charge in [-0.15, -0.1) is 0 Å². The fourth-order valence-electron chi connectivity index (χ4n) is 4.08. The maximum absolute atomic E-state index is 14.8. The van der Waals surface area contributed by atoms with Crippen molar-refractivity contribution in [3.8, 4) is 17.2 Å². The zero-order valence-electron chi connectivity index (χ0n) is 19.0. The van der Waals surface area contributed by atoms with Crippen LogP contribution in [0.3, 0.4) is 0 Å². The standard InChI is InChI=1S/C22H22F5N7O/c1-12-20(13(2)31-30-12)15-8-29-34(9-15)21(4-5-28)10-33(11-21)19-7-16(23)18(6-17(19)24)32-35-14(3)22(25,26)27/h6-9,14,32H,4,10-11H2,1-3H3,(H,30,31). The normalized spacial score (nSPS) is 16.0. The van der Waals surface area contributed by atoms with Gasteiger partial charge in [-0.3, -0.25) is 20.1 Å². The number of aryl methyl sites for hydroxylation is 2. The summed E-state index contributed by atoms with van der Waals surface area (Å²) in [5, 5.41) is 20.9. The lowest BCUT2D eigenvalue weighted by atomic mass is 9.86. The average molecular weight is 495 g/mol. The van der Waals surface area contributed by atoms with Crippen molar-refractivity contribution < 1.29 is 26.8 Å². The molecule has 0 amide bonds. The molecule has 1 aromatic carbocycles. The SMILES string of the molecule is Cc1n[nH]c(C)c1-c1cnn(C2(CC#N)CN(c3cc(F)c(NOC(C)C(F)(F)F)cc3F)C2)c1. The number of H-pyrrole nitrogens is 1. The lowest BCUT2D eigenvalue weighted by Gasteiger charge is -2.50. The summed E-state index contributed by atoms with van der Waals surface area (Å²) in [7, 11) is 0. The van der Waals surface area contributed by atoms with E-state index in [0.717, 1.165) is 41.6 Å². The largest absolute Gasteiger partial charge is 0.416 e. The van der Waals surface area contributed by atoms with Crippen LogP contribution in [-0.2, 0) is 10.4 Å². The minimum atomic E-state index is -4.66. The third kappa shape index (κ3) is 4.53. The molecule has 1 unspecified atom stereocenters. The molecule has 3 heterocycles. The predicted molar refractivity (Wildman–Crippen MR) is 116 cm³/mol. The van der Waals surface area contributed by atoms with Gasteiger partial charge < -0.3 is 4.90 Å². The van der Waals surface area contributed by atoms with Crippen molar-refractivity contribution >= 4 is 11.4 Å². The minimum absolute atomic E-state index is 0.0839. The van der Waals surface area contributed by atoms with Crippen molar-refractivity contribution in [2.24, 2.45) is 0 Å². The molecule has 0 aliphatic carbocycles. The summed E-state index contributed by atoms with van der Waals surface area (Å²) in [6.45, 7) is 4.83. The highest BCUT2D eigenvalue weighted by Gasteiger charge is 2.46. The average Bonchev–Trinajstić information content (AvgIpc) is 3.36. The lowest BCUT2D eigenvalue weighted by molar-refractivity contribution is -0.206. The van der Waals surface area contributed by atoms with Crippen molar-refractivity contribution in [2.45, 2.75) is 45.0 Å². The second-order valence-corrected chi connectivity index (χ2v) is 8.59. The Morgan fingerprint density at radius 2 is 1.97 bits per heavy atom. The van der Waals surface area contributed by atoms with Crippen molar-refractivity contribution in [2.75, 3.05) is 23.5 Å². The van der Waals surface area contributed by atoms with Crippen LogP contribution in [0.1, 0.15) is 24.7 Å². The lowest BCUT2D eigenvalue weighted by Crippen LogP contribution is -2.63. The second kappa shape index (κ2) is 8.84. The first-order valence-electron chi connectivity index (χ1n) is 10.6.